The lowest BCUT2D eigenvalue weighted by Crippen LogP contribution is -2.28. The Hall–Kier alpha value is -1.91. The van der Waals surface area contributed by atoms with Crippen LogP contribution in [0.25, 0.3) is 0 Å². The van der Waals surface area contributed by atoms with Crippen molar-refractivity contribution in [3.63, 3.8) is 0 Å². The van der Waals surface area contributed by atoms with Crippen LogP contribution in [0, 0.1) is 10.1 Å². The molecule has 0 aromatic heterocycles. The molecule has 0 aliphatic heterocycles. The molecule has 0 fully saturated rings. The normalized spacial score (nSPS) is 11.1. The summed E-state index contributed by atoms with van der Waals surface area (Å²) in [6.07, 6.45) is 0.782. The van der Waals surface area contributed by atoms with Crippen LogP contribution in [0.4, 0.5) is 5.69 Å². The summed E-state index contributed by atoms with van der Waals surface area (Å²) in [5.41, 5.74) is 0.993. The number of nitrogens with zero attached hydrogens (tertiary/aromatic N) is 1. The van der Waals surface area contributed by atoms with Gasteiger partial charge in [-0.25, -0.2) is 0 Å². The molecule has 0 aliphatic carbocycles. The number of carbonyl (C=O) groups is 1. The van der Waals surface area contributed by atoms with Crippen LogP contribution < -0.4 is 5.32 Å². The van der Waals surface area contributed by atoms with Crippen molar-refractivity contribution in [1.29, 1.82) is 0 Å². The van der Waals surface area contributed by atoms with Crippen molar-refractivity contribution in [2.75, 3.05) is 6.54 Å². The van der Waals surface area contributed by atoms with E-state index in [1.54, 1.807) is 12.1 Å². The highest BCUT2D eigenvalue weighted by molar-refractivity contribution is 5.72. The SMILES string of the molecule is CC(=O)NCCC(C)(C)c1ccc([N+](=O)[O-])cc1. The van der Waals surface area contributed by atoms with E-state index >= 15 is 0 Å². The Labute approximate surface area is 106 Å². The number of non-ortho nitro benzene ring substituents is 1. The van der Waals surface area contributed by atoms with E-state index in [4.69, 9.17) is 0 Å². The Morgan fingerprint density at radius 1 is 1.33 bits per heavy atom. The van der Waals surface area contributed by atoms with E-state index in [9.17, 15) is 14.9 Å². The molecule has 1 aromatic rings. The van der Waals surface area contributed by atoms with Crippen molar-refractivity contribution in [1.82, 2.24) is 5.32 Å². The molecule has 5 nitrogen and oxygen atoms in total. The van der Waals surface area contributed by atoms with Crippen LogP contribution in [-0.4, -0.2) is 17.4 Å². The van der Waals surface area contributed by atoms with E-state index in [1.807, 2.05) is 0 Å². The van der Waals surface area contributed by atoms with E-state index < -0.39 is 4.92 Å². The van der Waals surface area contributed by atoms with Gasteiger partial charge in [-0.2, -0.15) is 0 Å². The van der Waals surface area contributed by atoms with Gasteiger partial charge in [0, 0.05) is 25.6 Å². The lowest BCUT2D eigenvalue weighted by Gasteiger charge is -2.25. The van der Waals surface area contributed by atoms with E-state index in [2.05, 4.69) is 19.2 Å². The van der Waals surface area contributed by atoms with Gasteiger partial charge in [-0.1, -0.05) is 26.0 Å². The fourth-order valence-electron chi connectivity index (χ4n) is 1.73. The third-order valence-electron chi connectivity index (χ3n) is 2.98. The van der Waals surface area contributed by atoms with E-state index in [-0.39, 0.29) is 17.0 Å². The summed E-state index contributed by atoms with van der Waals surface area (Å²) < 4.78 is 0. The molecule has 0 spiro atoms. The summed E-state index contributed by atoms with van der Waals surface area (Å²) in [6.45, 7) is 6.18. The Bertz CT molecular complexity index is 438. The Morgan fingerprint density at radius 2 is 1.89 bits per heavy atom. The van der Waals surface area contributed by atoms with Gasteiger partial charge in [0.05, 0.1) is 4.92 Å². The molecule has 0 heterocycles. The first-order valence-electron chi connectivity index (χ1n) is 5.82. The monoisotopic (exact) mass is 250 g/mol. The highest BCUT2D eigenvalue weighted by atomic mass is 16.6. The minimum Gasteiger partial charge on any atom is -0.356 e. The third-order valence-corrected chi connectivity index (χ3v) is 2.98. The van der Waals surface area contributed by atoms with Crippen LogP contribution in [0.3, 0.4) is 0 Å². The van der Waals surface area contributed by atoms with Crippen LogP contribution in [0.15, 0.2) is 24.3 Å². The number of nitrogens with one attached hydrogen (secondary N) is 1. The summed E-state index contributed by atoms with van der Waals surface area (Å²) >= 11 is 0. The molecule has 1 N–H and O–H groups in total. The summed E-state index contributed by atoms with van der Waals surface area (Å²) in [5.74, 6) is -0.0468. The van der Waals surface area contributed by atoms with Gasteiger partial charge < -0.3 is 5.32 Å². The van der Waals surface area contributed by atoms with Gasteiger partial charge in [-0.15, -0.1) is 0 Å². The quantitative estimate of drug-likeness (QED) is 0.644. The third kappa shape index (κ3) is 3.84. The topological polar surface area (TPSA) is 72.2 Å². The Balaban J connectivity index is 2.71. The number of hydrogen-bond donors (Lipinski definition) is 1. The Kier molecular flexibility index (Phi) is 4.42. The Morgan fingerprint density at radius 3 is 2.33 bits per heavy atom. The number of carbonyl (C=O) groups excluding carboxylic acids is 1. The molecule has 1 rings (SSSR count). The molecule has 0 atom stereocenters. The second kappa shape index (κ2) is 5.62. The standard InChI is InChI=1S/C13H18N2O3/c1-10(16)14-9-8-13(2,3)11-4-6-12(7-5-11)15(17)18/h4-7H,8-9H2,1-3H3,(H,14,16). The average molecular weight is 250 g/mol. The van der Waals surface area contributed by atoms with Gasteiger partial charge in [-0.05, 0) is 17.4 Å². The number of nitro groups is 1. The molecule has 1 amide bonds. The van der Waals surface area contributed by atoms with Crippen molar-refractivity contribution < 1.29 is 9.72 Å². The van der Waals surface area contributed by atoms with E-state index in [0.717, 1.165) is 12.0 Å². The van der Waals surface area contributed by atoms with Crippen LogP contribution in [0.5, 0.6) is 0 Å². The van der Waals surface area contributed by atoms with Gasteiger partial charge in [-0.3, -0.25) is 14.9 Å². The number of hydrogen-bond acceptors (Lipinski definition) is 3. The van der Waals surface area contributed by atoms with Crippen molar-refractivity contribution in [3.05, 3.63) is 39.9 Å². The van der Waals surface area contributed by atoms with Gasteiger partial charge in [0.1, 0.15) is 0 Å². The fraction of sp³-hybridized carbons (Fsp3) is 0.462. The lowest BCUT2D eigenvalue weighted by molar-refractivity contribution is -0.384. The van der Waals surface area contributed by atoms with Crippen molar-refractivity contribution in [3.8, 4) is 0 Å². The van der Waals surface area contributed by atoms with Crippen molar-refractivity contribution in [2.24, 2.45) is 0 Å². The molecule has 18 heavy (non-hydrogen) atoms. The van der Waals surface area contributed by atoms with Crippen LogP contribution in [0.1, 0.15) is 32.8 Å². The lowest BCUT2D eigenvalue weighted by atomic mass is 9.81. The summed E-state index contributed by atoms with van der Waals surface area (Å²) in [5, 5.41) is 13.3. The minimum atomic E-state index is -0.409. The highest BCUT2D eigenvalue weighted by Gasteiger charge is 2.21. The number of benzene rings is 1. The van der Waals surface area contributed by atoms with Crippen LogP contribution >= 0.6 is 0 Å². The van der Waals surface area contributed by atoms with Crippen LogP contribution in [0.2, 0.25) is 0 Å². The first kappa shape index (κ1) is 14.2. The van der Waals surface area contributed by atoms with E-state index in [1.165, 1.54) is 19.1 Å². The zero-order chi connectivity index (χ0) is 13.8. The van der Waals surface area contributed by atoms with Gasteiger partial charge in [0.15, 0.2) is 0 Å². The largest absolute Gasteiger partial charge is 0.356 e. The summed E-state index contributed by atoms with van der Waals surface area (Å²) in [6, 6.07) is 6.56. The van der Waals surface area contributed by atoms with E-state index in [0.29, 0.717) is 6.54 Å². The molecule has 0 saturated heterocycles. The van der Waals surface area contributed by atoms with Crippen molar-refractivity contribution >= 4 is 11.6 Å². The number of rotatable bonds is 5. The maximum atomic E-state index is 10.8. The minimum absolute atomic E-state index is 0.0468. The first-order chi connectivity index (χ1) is 8.33. The molecule has 0 radical (unpaired) electrons. The molecular formula is C13H18N2O3. The predicted octanol–water partition coefficient (Wildman–Crippen LogP) is 2.40. The predicted molar refractivity (Wildman–Crippen MR) is 69.4 cm³/mol. The zero-order valence-corrected chi connectivity index (χ0v) is 10.9. The second-order valence-corrected chi connectivity index (χ2v) is 4.92. The molecule has 0 bridgehead atoms. The number of nitro benzene ring substituents is 1. The maximum Gasteiger partial charge on any atom is 0.269 e. The molecule has 0 aliphatic rings. The molecule has 0 saturated carbocycles. The van der Waals surface area contributed by atoms with Gasteiger partial charge >= 0.3 is 0 Å². The average Bonchev–Trinajstić information content (AvgIpc) is 2.28. The smallest absolute Gasteiger partial charge is 0.269 e. The zero-order valence-electron chi connectivity index (χ0n) is 10.9. The molecular weight excluding hydrogens is 232 g/mol. The van der Waals surface area contributed by atoms with Crippen LogP contribution in [-0.2, 0) is 10.2 Å². The number of amides is 1. The summed E-state index contributed by atoms with van der Waals surface area (Å²) in [7, 11) is 0. The second-order valence-electron chi connectivity index (χ2n) is 4.92. The molecule has 5 heteroatoms. The molecule has 0 unspecified atom stereocenters. The fourth-order valence-corrected chi connectivity index (χ4v) is 1.73. The van der Waals surface area contributed by atoms with Gasteiger partial charge in [0.2, 0.25) is 5.91 Å². The summed E-state index contributed by atoms with van der Waals surface area (Å²) in [4.78, 5) is 21.0. The maximum absolute atomic E-state index is 10.8. The van der Waals surface area contributed by atoms with Gasteiger partial charge in [0.25, 0.3) is 5.69 Å². The highest BCUT2D eigenvalue weighted by Crippen LogP contribution is 2.27. The first-order valence-corrected chi connectivity index (χ1v) is 5.82. The molecule has 1 aromatic carbocycles. The van der Waals surface area contributed by atoms with Crippen molar-refractivity contribution in [2.45, 2.75) is 32.6 Å². The molecule has 98 valence electrons.